The number of aromatic amines is 1. The van der Waals surface area contributed by atoms with Gasteiger partial charge in [0, 0.05) is 35.7 Å². The van der Waals surface area contributed by atoms with Crippen LogP contribution in [0, 0.1) is 6.92 Å². The van der Waals surface area contributed by atoms with Crippen LogP contribution < -0.4 is 16.0 Å². The van der Waals surface area contributed by atoms with Gasteiger partial charge in [0.2, 0.25) is 11.8 Å². The number of carbonyl (C=O) groups is 3. The normalized spacial score (nSPS) is 17.0. The molecule has 216 valence electrons. The van der Waals surface area contributed by atoms with E-state index in [1.807, 2.05) is 25.1 Å². The molecule has 0 spiro atoms. The summed E-state index contributed by atoms with van der Waals surface area (Å²) in [5, 5.41) is 30.4. The first-order valence-electron chi connectivity index (χ1n) is 13.1. The third kappa shape index (κ3) is 6.67. The van der Waals surface area contributed by atoms with Gasteiger partial charge in [0.05, 0.1) is 42.5 Å². The fourth-order valence-corrected chi connectivity index (χ4v) is 4.59. The number of hydrogen-bond donors (Lipinski definition) is 5. The summed E-state index contributed by atoms with van der Waals surface area (Å²) in [6.07, 6.45) is 4.91. The van der Waals surface area contributed by atoms with E-state index in [9.17, 15) is 19.5 Å². The molecule has 14 heteroatoms. The number of aliphatic hydroxyl groups excluding tert-OH is 1. The number of amides is 3. The van der Waals surface area contributed by atoms with Crippen molar-refractivity contribution in [2.24, 2.45) is 0 Å². The molecule has 4 aromatic rings. The Kier molecular flexibility index (Phi) is 8.34. The Labute approximate surface area is 240 Å². The molecule has 1 aliphatic rings. The molecule has 2 bridgehead atoms. The Balaban J connectivity index is 1.41. The van der Waals surface area contributed by atoms with Crippen LogP contribution in [0.4, 0.5) is 16.2 Å². The Bertz CT molecular complexity index is 1630. The largest absolute Gasteiger partial charge is 0.453 e. The van der Waals surface area contributed by atoms with E-state index in [0.29, 0.717) is 34.1 Å². The van der Waals surface area contributed by atoms with Crippen LogP contribution in [0.25, 0.3) is 23.0 Å². The van der Waals surface area contributed by atoms with Crippen molar-refractivity contribution in [2.45, 2.75) is 38.3 Å². The number of ether oxygens (including phenoxy) is 1. The van der Waals surface area contributed by atoms with Crippen LogP contribution in [0.2, 0.25) is 0 Å². The third-order valence-electron chi connectivity index (χ3n) is 6.66. The molecule has 5 N–H and O–H groups in total. The average Bonchev–Trinajstić information content (AvgIpc) is 3.68. The molecule has 3 heterocycles. The van der Waals surface area contributed by atoms with Gasteiger partial charge in [0.1, 0.15) is 12.2 Å². The summed E-state index contributed by atoms with van der Waals surface area (Å²) in [6.45, 7) is 1.94. The van der Waals surface area contributed by atoms with Crippen LogP contribution in [0.3, 0.4) is 0 Å². The average molecular weight is 572 g/mol. The number of carbonyl (C=O) groups excluding carboxylic acids is 3. The number of imidazole rings is 1. The molecule has 42 heavy (non-hydrogen) atoms. The molecule has 0 radical (unpaired) electrons. The Morgan fingerprint density at radius 1 is 1.21 bits per heavy atom. The highest BCUT2D eigenvalue weighted by molar-refractivity contribution is 5.97. The van der Waals surface area contributed by atoms with Gasteiger partial charge in [-0.3, -0.25) is 14.9 Å². The number of methoxy groups -OCH3 is 1. The summed E-state index contributed by atoms with van der Waals surface area (Å²) in [5.74, 6) is -0.283. The third-order valence-corrected chi connectivity index (χ3v) is 6.66. The number of H-pyrrole nitrogens is 1. The second-order valence-corrected chi connectivity index (χ2v) is 9.75. The van der Waals surface area contributed by atoms with Gasteiger partial charge in [-0.2, -0.15) is 4.68 Å². The monoisotopic (exact) mass is 571 g/mol. The molecule has 2 aromatic heterocycles. The van der Waals surface area contributed by atoms with E-state index in [1.165, 1.54) is 24.2 Å². The minimum absolute atomic E-state index is 0.0437. The highest BCUT2D eigenvalue weighted by Gasteiger charge is 2.24. The van der Waals surface area contributed by atoms with Gasteiger partial charge in [-0.05, 0) is 60.2 Å². The van der Waals surface area contributed by atoms with Crippen molar-refractivity contribution in [3.63, 3.8) is 0 Å². The van der Waals surface area contributed by atoms with Gasteiger partial charge < -0.3 is 25.5 Å². The first kappa shape index (κ1) is 28.2. The maximum absolute atomic E-state index is 13.1. The van der Waals surface area contributed by atoms with Crippen molar-refractivity contribution < 1.29 is 24.2 Å². The molecule has 2 atom stereocenters. The first-order chi connectivity index (χ1) is 20.3. The second kappa shape index (κ2) is 12.4. The number of nitrogens with zero attached hydrogens (tertiary/aromatic N) is 5. The minimum Gasteiger partial charge on any atom is -0.453 e. The SMILES string of the molecule is COC(=O)Nc1ccc2c(c1)NC(=O)CCC(O)C[C@H](NC(=O)/C=C/c1cc(C)ccc1-n1cnnn1)c1ncc-2[nH]1. The number of rotatable bonds is 5. The van der Waals surface area contributed by atoms with Crippen LogP contribution in [0.15, 0.2) is 55.0 Å². The molecule has 2 aromatic carbocycles. The van der Waals surface area contributed by atoms with Gasteiger partial charge in [0.15, 0.2) is 0 Å². The van der Waals surface area contributed by atoms with E-state index < -0.39 is 24.1 Å². The predicted molar refractivity (Wildman–Crippen MR) is 152 cm³/mol. The number of benzene rings is 2. The smallest absolute Gasteiger partial charge is 0.411 e. The van der Waals surface area contributed by atoms with Crippen molar-refractivity contribution in [1.82, 2.24) is 35.5 Å². The molecule has 14 nitrogen and oxygen atoms in total. The number of aryl methyl sites for hydroxylation is 1. The number of nitrogens with one attached hydrogen (secondary N) is 4. The summed E-state index contributed by atoms with van der Waals surface area (Å²) in [5.41, 5.74) is 4.48. The highest BCUT2D eigenvalue weighted by Crippen LogP contribution is 2.32. The van der Waals surface area contributed by atoms with Crippen molar-refractivity contribution >= 4 is 35.4 Å². The van der Waals surface area contributed by atoms with Gasteiger partial charge in [0.25, 0.3) is 0 Å². The van der Waals surface area contributed by atoms with Crippen LogP contribution in [0.1, 0.15) is 42.3 Å². The molecule has 1 aliphatic heterocycles. The fraction of sp³-hybridized carbons (Fsp3) is 0.250. The molecule has 0 aliphatic carbocycles. The van der Waals surface area contributed by atoms with Gasteiger partial charge in [-0.15, -0.1) is 5.10 Å². The van der Waals surface area contributed by atoms with Crippen LogP contribution in [0.5, 0.6) is 0 Å². The zero-order valence-electron chi connectivity index (χ0n) is 22.9. The number of fused-ring (bicyclic) bond motifs is 4. The number of aromatic nitrogens is 6. The minimum atomic E-state index is -0.895. The summed E-state index contributed by atoms with van der Waals surface area (Å²) in [6, 6.07) is 10.0. The standard InChI is InChI=1S/C28H29N9O5/c1-16-3-8-24(37-15-30-35-36-37)17(11-16)4-9-25(39)33-22-13-19(38)6-10-26(40)32-21-12-18(31-28(41)42-2)5-7-20(21)23-14-29-27(22)34-23/h3-5,7-9,11-12,14-15,19,22,38H,6,10,13H2,1-2H3,(H,29,34)(H,31,41)(H,32,40)(H,33,39)/b9-4+/t19?,22-/m0/s1. The van der Waals surface area contributed by atoms with Crippen LogP contribution >= 0.6 is 0 Å². The van der Waals surface area contributed by atoms with Crippen LogP contribution in [-0.2, 0) is 14.3 Å². The quantitative estimate of drug-likeness (QED) is 0.224. The summed E-state index contributed by atoms with van der Waals surface area (Å²) >= 11 is 0. The lowest BCUT2D eigenvalue weighted by molar-refractivity contribution is -0.118. The Morgan fingerprint density at radius 2 is 2.07 bits per heavy atom. The van der Waals surface area contributed by atoms with E-state index in [-0.39, 0.29) is 25.2 Å². The lowest BCUT2D eigenvalue weighted by Crippen LogP contribution is -2.31. The summed E-state index contributed by atoms with van der Waals surface area (Å²) in [7, 11) is 1.25. The topological polar surface area (TPSA) is 189 Å². The van der Waals surface area contributed by atoms with E-state index in [0.717, 1.165) is 11.1 Å². The van der Waals surface area contributed by atoms with Gasteiger partial charge >= 0.3 is 6.09 Å². The summed E-state index contributed by atoms with van der Waals surface area (Å²) < 4.78 is 6.16. The highest BCUT2D eigenvalue weighted by atomic mass is 16.5. The maximum atomic E-state index is 13.1. The Hall–Kier alpha value is -5.37. The van der Waals surface area contributed by atoms with Crippen molar-refractivity contribution in [2.75, 3.05) is 17.7 Å². The van der Waals surface area contributed by atoms with Gasteiger partial charge in [-0.25, -0.2) is 9.78 Å². The summed E-state index contributed by atoms with van der Waals surface area (Å²) in [4.78, 5) is 45.2. The van der Waals surface area contributed by atoms with Crippen molar-refractivity contribution in [3.8, 4) is 16.9 Å². The Morgan fingerprint density at radius 3 is 2.86 bits per heavy atom. The van der Waals surface area contributed by atoms with E-state index >= 15 is 0 Å². The molecule has 1 unspecified atom stereocenters. The molecular formula is C28H29N9O5. The number of hydrogen-bond acceptors (Lipinski definition) is 9. The lowest BCUT2D eigenvalue weighted by atomic mass is 10.0. The van der Waals surface area contributed by atoms with E-state index in [2.05, 4.69) is 46.2 Å². The zero-order valence-corrected chi connectivity index (χ0v) is 22.9. The molecule has 0 saturated heterocycles. The zero-order chi connectivity index (χ0) is 29.6. The molecule has 5 rings (SSSR count). The van der Waals surface area contributed by atoms with Crippen LogP contribution in [-0.4, -0.2) is 66.4 Å². The van der Waals surface area contributed by atoms with Crippen molar-refractivity contribution in [1.29, 1.82) is 0 Å². The molecule has 3 amide bonds. The van der Waals surface area contributed by atoms with Gasteiger partial charge in [-0.1, -0.05) is 11.6 Å². The van der Waals surface area contributed by atoms with E-state index in [4.69, 9.17) is 0 Å². The molecule has 0 fully saturated rings. The second-order valence-electron chi connectivity index (χ2n) is 9.75. The fourth-order valence-electron chi connectivity index (χ4n) is 4.59. The molecular weight excluding hydrogens is 542 g/mol. The predicted octanol–water partition coefficient (Wildman–Crippen LogP) is 2.89. The lowest BCUT2D eigenvalue weighted by Gasteiger charge is -2.20. The number of aliphatic hydroxyl groups is 1. The first-order valence-corrected chi connectivity index (χ1v) is 13.1. The van der Waals surface area contributed by atoms with Crippen molar-refractivity contribution in [3.05, 3.63) is 71.9 Å². The molecule has 0 saturated carbocycles. The number of tetrazole rings is 1. The number of anilines is 2. The van der Waals surface area contributed by atoms with E-state index in [1.54, 1.807) is 30.5 Å². The maximum Gasteiger partial charge on any atom is 0.411 e.